The van der Waals surface area contributed by atoms with Crippen molar-refractivity contribution in [2.45, 2.75) is 31.7 Å². The van der Waals surface area contributed by atoms with E-state index in [-0.39, 0.29) is 12.1 Å². The van der Waals surface area contributed by atoms with Gasteiger partial charge in [0.2, 0.25) is 0 Å². The van der Waals surface area contributed by atoms with Gasteiger partial charge in [-0.05, 0) is 11.6 Å². The van der Waals surface area contributed by atoms with E-state index in [1.54, 1.807) is 18.1 Å². The van der Waals surface area contributed by atoms with Gasteiger partial charge in [0.25, 0.3) is 0 Å². The van der Waals surface area contributed by atoms with Crippen LogP contribution in [0.4, 0.5) is 4.79 Å². The highest BCUT2D eigenvalue weighted by Gasteiger charge is 2.35. The Morgan fingerprint density at radius 3 is 2.85 bits per heavy atom. The summed E-state index contributed by atoms with van der Waals surface area (Å²) >= 11 is 0. The molecule has 2 atom stereocenters. The van der Waals surface area contributed by atoms with Crippen LogP contribution in [-0.4, -0.2) is 56.5 Å². The van der Waals surface area contributed by atoms with Crippen molar-refractivity contribution in [2.24, 2.45) is 0 Å². The van der Waals surface area contributed by atoms with Crippen LogP contribution in [0.3, 0.4) is 0 Å². The second-order valence-corrected chi connectivity index (χ2v) is 6.42. The average Bonchev–Trinajstić information content (AvgIpc) is 3.32. The number of esters is 1. The third-order valence-electron chi connectivity index (χ3n) is 4.70. The number of methoxy groups -OCH3 is 2. The number of ether oxygens (including phenoxy) is 4. The molecule has 1 amide bonds. The lowest BCUT2D eigenvalue weighted by Gasteiger charge is -2.19. The molecule has 8 heteroatoms. The maximum Gasteiger partial charge on any atom is 0.410 e. The zero-order chi connectivity index (χ0) is 19.4. The summed E-state index contributed by atoms with van der Waals surface area (Å²) in [7, 11) is 2.92. The first kappa shape index (κ1) is 19.0. The van der Waals surface area contributed by atoms with E-state index in [0.717, 1.165) is 11.1 Å². The third kappa shape index (κ3) is 4.00. The Hall–Kier alpha value is -2.74. The highest BCUT2D eigenvalue weighted by atomic mass is 16.6. The highest BCUT2D eigenvalue weighted by Crippen LogP contribution is 2.38. The summed E-state index contributed by atoms with van der Waals surface area (Å²) in [4.78, 5) is 25.7. The van der Waals surface area contributed by atoms with Crippen LogP contribution in [0, 0.1) is 0 Å². The van der Waals surface area contributed by atoms with E-state index >= 15 is 0 Å². The number of rotatable bonds is 6. The van der Waals surface area contributed by atoms with Crippen molar-refractivity contribution in [3.8, 4) is 11.5 Å². The fourth-order valence-electron chi connectivity index (χ4n) is 3.34. The van der Waals surface area contributed by atoms with Crippen molar-refractivity contribution < 1.29 is 28.5 Å². The van der Waals surface area contributed by atoms with Crippen molar-refractivity contribution in [1.82, 2.24) is 10.2 Å². The molecular formula is C19H24N2O6. The molecule has 0 aromatic heterocycles. The second kappa shape index (κ2) is 8.30. The molecule has 0 spiro atoms. The maximum atomic E-state index is 12.6. The van der Waals surface area contributed by atoms with Gasteiger partial charge in [0.1, 0.15) is 18.8 Å². The first-order chi connectivity index (χ1) is 13.1. The number of nitrogens with zero attached hydrogens (tertiary/aromatic N) is 1. The fraction of sp³-hybridized carbons (Fsp3) is 0.474. The molecule has 1 N–H and O–H groups in total. The van der Waals surface area contributed by atoms with Gasteiger partial charge in [-0.25, -0.2) is 4.79 Å². The summed E-state index contributed by atoms with van der Waals surface area (Å²) in [5.74, 6) is 0.892. The van der Waals surface area contributed by atoms with Crippen LogP contribution in [0.5, 0.6) is 11.5 Å². The minimum absolute atomic E-state index is 0.347. The van der Waals surface area contributed by atoms with Gasteiger partial charge < -0.3 is 24.3 Å². The molecule has 8 nitrogen and oxygen atoms in total. The van der Waals surface area contributed by atoms with Gasteiger partial charge in [-0.15, -0.1) is 0 Å². The van der Waals surface area contributed by atoms with Crippen LogP contribution >= 0.6 is 0 Å². The molecule has 0 bridgehead atoms. The lowest BCUT2D eigenvalue weighted by Crippen LogP contribution is -2.31. The predicted octanol–water partition coefficient (Wildman–Crippen LogP) is 1.62. The number of benzene rings is 1. The van der Waals surface area contributed by atoms with Crippen LogP contribution in [0.15, 0.2) is 24.8 Å². The largest absolute Gasteiger partial charge is 0.493 e. The number of carbonyl (C=O) groups excluding carboxylic acids is 2. The van der Waals surface area contributed by atoms with Crippen LogP contribution in [-0.2, 0) is 27.4 Å². The van der Waals surface area contributed by atoms with E-state index in [4.69, 9.17) is 18.9 Å². The molecule has 2 aliphatic heterocycles. The van der Waals surface area contributed by atoms with Gasteiger partial charge >= 0.3 is 12.1 Å². The lowest BCUT2D eigenvalue weighted by molar-refractivity contribution is -0.142. The maximum absolute atomic E-state index is 12.6. The average molecular weight is 376 g/mol. The zero-order valence-electron chi connectivity index (χ0n) is 15.5. The summed E-state index contributed by atoms with van der Waals surface area (Å²) in [6.07, 6.45) is 1.28. The van der Waals surface area contributed by atoms with Gasteiger partial charge in [0, 0.05) is 25.1 Å². The first-order valence-corrected chi connectivity index (χ1v) is 8.76. The van der Waals surface area contributed by atoms with E-state index in [1.807, 2.05) is 12.1 Å². The number of fused-ring (bicyclic) bond motifs is 1. The number of hydrogen-bond acceptors (Lipinski definition) is 7. The van der Waals surface area contributed by atoms with Crippen LogP contribution in [0.25, 0.3) is 0 Å². The molecule has 1 aromatic carbocycles. The Bertz CT molecular complexity index is 735. The van der Waals surface area contributed by atoms with Gasteiger partial charge in [-0.3, -0.25) is 9.69 Å². The monoisotopic (exact) mass is 376 g/mol. The van der Waals surface area contributed by atoms with Crippen molar-refractivity contribution in [3.05, 3.63) is 35.9 Å². The Labute approximate surface area is 158 Å². The molecule has 0 radical (unpaired) electrons. The van der Waals surface area contributed by atoms with Crippen LogP contribution in [0.2, 0.25) is 0 Å². The SMILES string of the molecule is C=CCOc1c(OC)ccc2c1CN(C(=O)O[C@H]1CN[C@H](C(=O)OC)C1)C2. The van der Waals surface area contributed by atoms with Gasteiger partial charge in [0.05, 0.1) is 20.8 Å². The minimum atomic E-state index is -0.438. The minimum Gasteiger partial charge on any atom is -0.493 e. The molecule has 2 heterocycles. The first-order valence-electron chi connectivity index (χ1n) is 8.76. The number of amides is 1. The summed E-state index contributed by atoms with van der Waals surface area (Å²) in [5.41, 5.74) is 1.90. The highest BCUT2D eigenvalue weighted by molar-refractivity contribution is 5.76. The van der Waals surface area contributed by atoms with E-state index in [9.17, 15) is 9.59 Å². The van der Waals surface area contributed by atoms with Gasteiger partial charge in [-0.2, -0.15) is 0 Å². The van der Waals surface area contributed by atoms with Crippen molar-refractivity contribution >= 4 is 12.1 Å². The molecule has 1 fully saturated rings. The standard InChI is InChI=1S/C19H24N2O6/c1-4-7-26-17-14-11-21(10-12(14)5-6-16(17)24-2)19(23)27-13-8-15(20-9-13)18(22)25-3/h4-6,13,15,20H,1,7-11H2,2-3H3/t13-,15+/m1/s1. The zero-order valence-corrected chi connectivity index (χ0v) is 15.5. The molecule has 1 aromatic rings. The van der Waals surface area contributed by atoms with E-state index < -0.39 is 12.1 Å². The molecule has 27 heavy (non-hydrogen) atoms. The summed E-state index contributed by atoms with van der Waals surface area (Å²) in [6.45, 7) is 5.24. The predicted molar refractivity (Wildman–Crippen MR) is 96.6 cm³/mol. The second-order valence-electron chi connectivity index (χ2n) is 6.42. The normalized spacial score (nSPS) is 20.7. The summed E-state index contributed by atoms with van der Waals surface area (Å²) in [6, 6.07) is 3.31. The van der Waals surface area contributed by atoms with E-state index in [2.05, 4.69) is 11.9 Å². The molecule has 0 saturated carbocycles. The van der Waals surface area contributed by atoms with Crippen molar-refractivity contribution in [1.29, 1.82) is 0 Å². The molecular weight excluding hydrogens is 352 g/mol. The van der Waals surface area contributed by atoms with E-state index in [1.165, 1.54) is 7.11 Å². The smallest absolute Gasteiger partial charge is 0.410 e. The van der Waals surface area contributed by atoms with Gasteiger partial charge in [0.15, 0.2) is 11.5 Å². The Morgan fingerprint density at radius 2 is 2.15 bits per heavy atom. The lowest BCUT2D eigenvalue weighted by atomic mass is 10.1. The van der Waals surface area contributed by atoms with Crippen molar-refractivity contribution in [2.75, 3.05) is 27.4 Å². The quantitative estimate of drug-likeness (QED) is 0.596. The number of carbonyl (C=O) groups is 2. The van der Waals surface area contributed by atoms with E-state index in [0.29, 0.717) is 44.2 Å². The fourth-order valence-corrected chi connectivity index (χ4v) is 3.34. The molecule has 2 aliphatic rings. The molecule has 146 valence electrons. The van der Waals surface area contributed by atoms with Crippen LogP contribution in [0.1, 0.15) is 17.5 Å². The Kier molecular flexibility index (Phi) is 5.85. The Balaban J connectivity index is 1.64. The van der Waals surface area contributed by atoms with Gasteiger partial charge in [-0.1, -0.05) is 18.7 Å². The number of hydrogen-bond donors (Lipinski definition) is 1. The molecule has 3 rings (SSSR count). The third-order valence-corrected chi connectivity index (χ3v) is 4.70. The molecule has 0 unspecified atom stereocenters. The summed E-state index contributed by atoms with van der Waals surface area (Å²) < 4.78 is 21.4. The molecule has 1 saturated heterocycles. The summed E-state index contributed by atoms with van der Waals surface area (Å²) in [5, 5.41) is 3.00. The van der Waals surface area contributed by atoms with Crippen LogP contribution < -0.4 is 14.8 Å². The van der Waals surface area contributed by atoms with Crippen molar-refractivity contribution in [3.63, 3.8) is 0 Å². The Morgan fingerprint density at radius 1 is 1.33 bits per heavy atom. The topological polar surface area (TPSA) is 86.3 Å². The molecule has 0 aliphatic carbocycles. The number of nitrogens with one attached hydrogen (secondary N) is 1.